The van der Waals surface area contributed by atoms with Crippen LogP contribution in [0.3, 0.4) is 0 Å². The largest absolute Gasteiger partial charge is 0.465 e. The maximum atomic E-state index is 12.9. The van der Waals surface area contributed by atoms with Crippen molar-refractivity contribution < 1.29 is 14.3 Å². The van der Waals surface area contributed by atoms with Crippen LogP contribution in [0.2, 0.25) is 0 Å². The molecule has 4 aromatic rings. The number of rotatable bonds is 8. The minimum atomic E-state index is -0.487. The number of anilines is 1. The number of esters is 1. The third kappa shape index (κ3) is 5.19. The molecule has 35 heavy (non-hydrogen) atoms. The molecule has 0 saturated heterocycles. The smallest absolute Gasteiger partial charge is 0.341 e. The Morgan fingerprint density at radius 2 is 1.80 bits per heavy atom. The van der Waals surface area contributed by atoms with Crippen LogP contribution < -0.4 is 5.32 Å². The van der Waals surface area contributed by atoms with E-state index in [-0.39, 0.29) is 17.7 Å². The summed E-state index contributed by atoms with van der Waals surface area (Å²) in [5.74, 6) is 0.220. The second kappa shape index (κ2) is 10.8. The Morgan fingerprint density at radius 3 is 2.43 bits per heavy atom. The van der Waals surface area contributed by atoms with E-state index >= 15 is 0 Å². The summed E-state index contributed by atoms with van der Waals surface area (Å²) in [4.78, 5) is 26.7. The van der Waals surface area contributed by atoms with Crippen molar-refractivity contribution in [1.82, 2.24) is 14.8 Å². The third-order valence-electron chi connectivity index (χ3n) is 5.56. The third-order valence-corrected chi connectivity index (χ3v) is 8.41. The van der Waals surface area contributed by atoms with Crippen molar-refractivity contribution in [3.8, 4) is 22.5 Å². The highest BCUT2D eigenvalue weighted by atomic mass is 32.2. The van der Waals surface area contributed by atoms with Crippen LogP contribution >= 0.6 is 34.4 Å². The van der Waals surface area contributed by atoms with E-state index in [1.54, 1.807) is 11.3 Å². The Kier molecular flexibility index (Phi) is 7.73. The van der Waals surface area contributed by atoms with Crippen LogP contribution in [0, 0.1) is 13.8 Å². The molecule has 0 atom stereocenters. The maximum absolute atomic E-state index is 12.9. The number of methoxy groups -OCH3 is 1. The highest BCUT2D eigenvalue weighted by molar-refractivity contribution is 7.99. The van der Waals surface area contributed by atoms with Gasteiger partial charge in [-0.1, -0.05) is 42.1 Å². The Bertz CT molecular complexity index is 1360. The van der Waals surface area contributed by atoms with Crippen LogP contribution in [0.5, 0.6) is 0 Å². The Hall–Kier alpha value is -2.95. The number of carbonyl (C=O) groups excluding carboxylic acids is 2. The molecule has 7 nitrogen and oxygen atoms in total. The van der Waals surface area contributed by atoms with Gasteiger partial charge in [0, 0.05) is 32.8 Å². The molecule has 182 valence electrons. The van der Waals surface area contributed by atoms with E-state index in [0.717, 1.165) is 22.5 Å². The van der Waals surface area contributed by atoms with Crippen molar-refractivity contribution in [2.75, 3.05) is 18.2 Å². The van der Waals surface area contributed by atoms with E-state index in [2.05, 4.69) is 53.2 Å². The summed E-state index contributed by atoms with van der Waals surface area (Å²) in [5.41, 5.74) is 4.24. The number of hydrogen-bond donors (Lipinski definition) is 1. The molecule has 3 aromatic heterocycles. The van der Waals surface area contributed by atoms with Crippen molar-refractivity contribution in [1.29, 1.82) is 0 Å². The van der Waals surface area contributed by atoms with Crippen LogP contribution in [-0.2, 0) is 9.53 Å². The number of ether oxygens (including phenoxy) is 1. The summed E-state index contributed by atoms with van der Waals surface area (Å²) in [6, 6.07) is 9.69. The normalized spacial score (nSPS) is 11.1. The van der Waals surface area contributed by atoms with E-state index in [9.17, 15) is 9.59 Å². The molecule has 0 radical (unpaired) electrons. The lowest BCUT2D eigenvalue weighted by atomic mass is 10.0. The summed E-state index contributed by atoms with van der Waals surface area (Å²) in [7, 11) is 1.34. The fraction of sp³-hybridized carbons (Fsp3) is 0.280. The van der Waals surface area contributed by atoms with Gasteiger partial charge in [0.25, 0.3) is 0 Å². The van der Waals surface area contributed by atoms with Crippen molar-refractivity contribution in [3.63, 3.8) is 0 Å². The lowest BCUT2D eigenvalue weighted by Gasteiger charge is -2.14. The predicted octanol–water partition coefficient (Wildman–Crippen LogP) is 6.45. The zero-order valence-electron chi connectivity index (χ0n) is 20.1. The molecule has 10 heteroatoms. The van der Waals surface area contributed by atoms with Gasteiger partial charge in [-0.2, -0.15) is 0 Å². The SMILES string of the molecule is COC(=O)c1c(-c2ccccc2)csc1NC(=O)CSc1nnc(-c2csc(C)c2C)n1C(C)C. The summed E-state index contributed by atoms with van der Waals surface area (Å²) >= 11 is 4.32. The van der Waals surface area contributed by atoms with E-state index in [0.29, 0.717) is 15.7 Å². The fourth-order valence-electron chi connectivity index (χ4n) is 3.64. The summed E-state index contributed by atoms with van der Waals surface area (Å²) in [6.07, 6.45) is 0. The number of amides is 1. The molecule has 0 bridgehead atoms. The standard InChI is InChI=1S/C25H26N4O3S3/c1-14(2)29-22(18-11-33-16(4)15(18)3)27-28-25(29)35-13-20(30)26-23-21(24(31)32-5)19(12-34-23)17-9-7-6-8-10-17/h6-12,14H,13H2,1-5H3,(H,26,30). The molecular formula is C25H26N4O3S3. The summed E-state index contributed by atoms with van der Waals surface area (Å²) < 4.78 is 7.06. The van der Waals surface area contributed by atoms with Crippen molar-refractivity contribution in [2.24, 2.45) is 0 Å². The lowest BCUT2D eigenvalue weighted by Crippen LogP contribution is -2.16. The van der Waals surface area contributed by atoms with Crippen molar-refractivity contribution in [3.05, 3.63) is 57.1 Å². The Morgan fingerprint density at radius 1 is 1.09 bits per heavy atom. The van der Waals surface area contributed by atoms with Crippen LogP contribution in [0.25, 0.3) is 22.5 Å². The lowest BCUT2D eigenvalue weighted by molar-refractivity contribution is -0.113. The van der Waals surface area contributed by atoms with Crippen molar-refractivity contribution >= 4 is 51.3 Å². The monoisotopic (exact) mass is 526 g/mol. The molecule has 0 unspecified atom stereocenters. The maximum Gasteiger partial charge on any atom is 0.341 e. The van der Waals surface area contributed by atoms with Crippen LogP contribution in [-0.4, -0.2) is 39.5 Å². The molecule has 0 aliphatic rings. The first-order chi connectivity index (χ1) is 16.8. The predicted molar refractivity (Wildman–Crippen MR) is 144 cm³/mol. The molecule has 0 saturated carbocycles. The summed E-state index contributed by atoms with van der Waals surface area (Å²) in [5, 5.41) is 16.8. The van der Waals surface area contributed by atoms with Crippen LogP contribution in [0.15, 0.2) is 46.2 Å². The number of hydrogen-bond acceptors (Lipinski definition) is 8. The molecule has 0 aliphatic carbocycles. The van der Waals surface area contributed by atoms with Gasteiger partial charge in [0.1, 0.15) is 10.6 Å². The number of aromatic nitrogens is 3. The van der Waals surface area contributed by atoms with Gasteiger partial charge in [-0.3, -0.25) is 9.36 Å². The van der Waals surface area contributed by atoms with Gasteiger partial charge in [-0.25, -0.2) is 4.79 Å². The number of carbonyl (C=O) groups is 2. The average molecular weight is 527 g/mol. The second-order valence-electron chi connectivity index (χ2n) is 8.15. The van der Waals surface area contributed by atoms with Gasteiger partial charge < -0.3 is 10.1 Å². The molecule has 0 aliphatic heterocycles. The van der Waals surface area contributed by atoms with Gasteiger partial charge in [0.05, 0.1) is 12.9 Å². The highest BCUT2D eigenvalue weighted by Crippen LogP contribution is 2.37. The average Bonchev–Trinajstić information content (AvgIpc) is 3.55. The molecule has 0 fully saturated rings. The molecule has 1 aromatic carbocycles. The van der Waals surface area contributed by atoms with Gasteiger partial charge in [-0.05, 0) is 38.8 Å². The molecule has 1 amide bonds. The van der Waals surface area contributed by atoms with Crippen LogP contribution in [0.1, 0.15) is 40.7 Å². The molecule has 0 spiro atoms. The topological polar surface area (TPSA) is 86.1 Å². The van der Waals surface area contributed by atoms with Gasteiger partial charge in [0.2, 0.25) is 5.91 Å². The number of nitrogens with one attached hydrogen (secondary N) is 1. The molecular weight excluding hydrogens is 501 g/mol. The molecule has 4 rings (SSSR count). The molecule has 3 heterocycles. The second-order valence-corrected chi connectivity index (χ2v) is 11.1. The highest BCUT2D eigenvalue weighted by Gasteiger charge is 2.24. The zero-order valence-corrected chi connectivity index (χ0v) is 22.6. The minimum Gasteiger partial charge on any atom is -0.465 e. The first-order valence-electron chi connectivity index (χ1n) is 11.0. The summed E-state index contributed by atoms with van der Waals surface area (Å²) in [6.45, 7) is 8.33. The van der Waals surface area contributed by atoms with E-state index in [4.69, 9.17) is 4.74 Å². The number of thiophene rings is 2. The Labute approximate surface area is 216 Å². The number of nitrogens with zero attached hydrogens (tertiary/aromatic N) is 3. The number of aryl methyl sites for hydroxylation is 1. The number of thioether (sulfide) groups is 1. The van der Waals surface area contributed by atoms with Gasteiger partial charge in [0.15, 0.2) is 11.0 Å². The zero-order chi connectivity index (χ0) is 25.1. The fourth-order valence-corrected chi connectivity index (χ4v) is 6.34. The Balaban J connectivity index is 1.53. The minimum absolute atomic E-state index is 0.127. The molecule has 1 N–H and O–H groups in total. The van der Waals surface area contributed by atoms with E-state index in [1.165, 1.54) is 40.6 Å². The van der Waals surface area contributed by atoms with Gasteiger partial charge >= 0.3 is 5.97 Å². The first-order valence-corrected chi connectivity index (χ1v) is 13.7. The van der Waals surface area contributed by atoms with Crippen LogP contribution in [0.4, 0.5) is 5.00 Å². The van der Waals surface area contributed by atoms with E-state index < -0.39 is 5.97 Å². The quantitative estimate of drug-likeness (QED) is 0.210. The number of benzene rings is 1. The van der Waals surface area contributed by atoms with Crippen molar-refractivity contribution in [2.45, 2.75) is 38.9 Å². The van der Waals surface area contributed by atoms with E-state index in [1.807, 2.05) is 35.7 Å². The van der Waals surface area contributed by atoms with Gasteiger partial charge in [-0.15, -0.1) is 32.9 Å². The first kappa shape index (κ1) is 25.2.